The SMILES string of the molecule is CCC(O)CCNC(=O)c1nn(C)cc1N. The van der Waals surface area contributed by atoms with Crippen molar-refractivity contribution in [3.63, 3.8) is 0 Å². The van der Waals surface area contributed by atoms with Crippen molar-refractivity contribution in [2.75, 3.05) is 12.3 Å². The van der Waals surface area contributed by atoms with Crippen LogP contribution in [0.5, 0.6) is 0 Å². The molecule has 0 saturated carbocycles. The summed E-state index contributed by atoms with van der Waals surface area (Å²) < 4.78 is 1.49. The monoisotopic (exact) mass is 226 g/mol. The summed E-state index contributed by atoms with van der Waals surface area (Å²) in [4.78, 5) is 11.6. The molecule has 16 heavy (non-hydrogen) atoms. The number of hydrogen-bond acceptors (Lipinski definition) is 4. The third-order valence-corrected chi connectivity index (χ3v) is 2.31. The minimum Gasteiger partial charge on any atom is -0.396 e. The van der Waals surface area contributed by atoms with Crippen LogP contribution < -0.4 is 11.1 Å². The number of anilines is 1. The summed E-state index contributed by atoms with van der Waals surface area (Å²) in [5.41, 5.74) is 6.19. The summed E-state index contributed by atoms with van der Waals surface area (Å²) in [6, 6.07) is 0. The molecule has 90 valence electrons. The molecule has 0 radical (unpaired) electrons. The van der Waals surface area contributed by atoms with Gasteiger partial charge in [0.15, 0.2) is 5.69 Å². The highest BCUT2D eigenvalue weighted by Gasteiger charge is 2.13. The van der Waals surface area contributed by atoms with Crippen molar-refractivity contribution in [2.45, 2.75) is 25.9 Å². The molecule has 0 saturated heterocycles. The first-order valence-corrected chi connectivity index (χ1v) is 5.30. The van der Waals surface area contributed by atoms with Gasteiger partial charge in [0.1, 0.15) is 0 Å². The summed E-state index contributed by atoms with van der Waals surface area (Å²) >= 11 is 0. The van der Waals surface area contributed by atoms with Crippen LogP contribution in [-0.4, -0.2) is 33.4 Å². The lowest BCUT2D eigenvalue weighted by Gasteiger charge is -2.07. The summed E-state index contributed by atoms with van der Waals surface area (Å²) in [5.74, 6) is -0.304. The summed E-state index contributed by atoms with van der Waals surface area (Å²) in [7, 11) is 1.70. The lowest BCUT2D eigenvalue weighted by Crippen LogP contribution is -2.28. The Balaban J connectivity index is 2.44. The smallest absolute Gasteiger partial charge is 0.273 e. The molecule has 6 nitrogen and oxygen atoms in total. The van der Waals surface area contributed by atoms with Crippen molar-refractivity contribution >= 4 is 11.6 Å². The van der Waals surface area contributed by atoms with Crippen molar-refractivity contribution < 1.29 is 9.90 Å². The van der Waals surface area contributed by atoms with Gasteiger partial charge < -0.3 is 16.2 Å². The van der Waals surface area contributed by atoms with Crippen LogP contribution in [0, 0.1) is 0 Å². The fourth-order valence-corrected chi connectivity index (χ4v) is 1.32. The second-order valence-corrected chi connectivity index (χ2v) is 3.71. The molecule has 0 aliphatic carbocycles. The van der Waals surface area contributed by atoms with Gasteiger partial charge in [-0.15, -0.1) is 0 Å². The molecule has 0 bridgehead atoms. The van der Waals surface area contributed by atoms with Crippen molar-refractivity contribution in [3.05, 3.63) is 11.9 Å². The molecule has 1 aromatic heterocycles. The predicted molar refractivity (Wildman–Crippen MR) is 60.9 cm³/mol. The van der Waals surface area contributed by atoms with Gasteiger partial charge in [-0.05, 0) is 12.8 Å². The molecule has 0 aliphatic rings. The Kier molecular flexibility index (Phi) is 4.30. The molecule has 6 heteroatoms. The van der Waals surface area contributed by atoms with Crippen LogP contribution in [0.25, 0.3) is 0 Å². The maximum atomic E-state index is 11.6. The number of carbonyl (C=O) groups excluding carboxylic acids is 1. The molecule has 0 spiro atoms. The Morgan fingerprint density at radius 3 is 2.94 bits per heavy atom. The maximum Gasteiger partial charge on any atom is 0.273 e. The van der Waals surface area contributed by atoms with E-state index in [9.17, 15) is 9.90 Å². The first-order chi connectivity index (χ1) is 7.54. The molecule has 1 aromatic rings. The van der Waals surface area contributed by atoms with Crippen LogP contribution >= 0.6 is 0 Å². The molecule has 0 aromatic carbocycles. The average molecular weight is 226 g/mol. The highest BCUT2D eigenvalue weighted by atomic mass is 16.3. The van der Waals surface area contributed by atoms with Gasteiger partial charge in [-0.25, -0.2) is 0 Å². The summed E-state index contributed by atoms with van der Waals surface area (Å²) in [5, 5.41) is 15.9. The van der Waals surface area contributed by atoms with Gasteiger partial charge in [0.25, 0.3) is 5.91 Å². The number of hydrogen-bond donors (Lipinski definition) is 3. The highest BCUT2D eigenvalue weighted by molar-refractivity contribution is 5.96. The van der Waals surface area contributed by atoms with Crippen molar-refractivity contribution in [1.82, 2.24) is 15.1 Å². The molecule has 1 amide bonds. The topological polar surface area (TPSA) is 93.2 Å². The zero-order valence-electron chi connectivity index (χ0n) is 9.60. The lowest BCUT2D eigenvalue weighted by atomic mass is 10.2. The van der Waals surface area contributed by atoms with Gasteiger partial charge in [-0.3, -0.25) is 9.48 Å². The number of carbonyl (C=O) groups is 1. The summed E-state index contributed by atoms with van der Waals surface area (Å²) in [6.45, 7) is 2.31. The second kappa shape index (κ2) is 5.50. The van der Waals surface area contributed by atoms with Gasteiger partial charge in [0.2, 0.25) is 0 Å². The second-order valence-electron chi connectivity index (χ2n) is 3.71. The van der Waals surface area contributed by atoms with E-state index in [1.54, 1.807) is 13.2 Å². The third-order valence-electron chi connectivity index (χ3n) is 2.31. The van der Waals surface area contributed by atoms with E-state index in [0.717, 1.165) is 0 Å². The van der Waals surface area contributed by atoms with E-state index in [1.165, 1.54) is 4.68 Å². The van der Waals surface area contributed by atoms with Crippen LogP contribution in [-0.2, 0) is 7.05 Å². The minimum absolute atomic E-state index is 0.230. The zero-order valence-corrected chi connectivity index (χ0v) is 9.60. The Labute approximate surface area is 94.4 Å². The molecule has 1 rings (SSSR count). The molecule has 1 heterocycles. The number of aryl methyl sites for hydroxylation is 1. The van der Waals surface area contributed by atoms with E-state index < -0.39 is 0 Å². The van der Waals surface area contributed by atoms with E-state index in [-0.39, 0.29) is 17.7 Å². The largest absolute Gasteiger partial charge is 0.396 e. The third kappa shape index (κ3) is 3.23. The van der Waals surface area contributed by atoms with E-state index in [4.69, 9.17) is 5.73 Å². The quantitative estimate of drug-likeness (QED) is 0.653. The van der Waals surface area contributed by atoms with Gasteiger partial charge >= 0.3 is 0 Å². The van der Waals surface area contributed by atoms with Crippen LogP contribution in [0.2, 0.25) is 0 Å². The fourth-order valence-electron chi connectivity index (χ4n) is 1.32. The van der Waals surface area contributed by atoms with Crippen molar-refractivity contribution in [1.29, 1.82) is 0 Å². The maximum absolute atomic E-state index is 11.6. The predicted octanol–water partition coefficient (Wildman–Crippen LogP) is -0.107. The van der Waals surface area contributed by atoms with Gasteiger partial charge in [0.05, 0.1) is 11.8 Å². The van der Waals surface area contributed by atoms with E-state index in [1.807, 2.05) is 6.92 Å². The summed E-state index contributed by atoms with van der Waals surface area (Å²) in [6.07, 6.45) is 2.42. The molecule has 1 unspecified atom stereocenters. The lowest BCUT2D eigenvalue weighted by molar-refractivity contribution is 0.0937. The Morgan fingerprint density at radius 1 is 1.75 bits per heavy atom. The number of rotatable bonds is 5. The number of nitrogens with zero attached hydrogens (tertiary/aromatic N) is 2. The molecule has 4 N–H and O–H groups in total. The number of nitrogens with two attached hydrogens (primary N) is 1. The normalized spacial score (nSPS) is 12.4. The molecule has 1 atom stereocenters. The molecular weight excluding hydrogens is 208 g/mol. The molecule has 0 aliphatic heterocycles. The standard InChI is InChI=1S/C10H18N4O2/c1-3-7(15)4-5-12-10(16)9-8(11)6-14(2)13-9/h6-7,15H,3-5,11H2,1-2H3,(H,12,16). The number of nitrogen functional groups attached to an aromatic ring is 1. The number of aliphatic hydroxyl groups is 1. The van der Waals surface area contributed by atoms with Crippen molar-refractivity contribution in [3.8, 4) is 0 Å². The molecular formula is C10H18N4O2. The van der Waals surface area contributed by atoms with Gasteiger partial charge in [-0.1, -0.05) is 6.92 Å². The van der Waals surface area contributed by atoms with Crippen LogP contribution in [0.3, 0.4) is 0 Å². The van der Waals surface area contributed by atoms with Gasteiger partial charge in [0, 0.05) is 19.8 Å². The van der Waals surface area contributed by atoms with Crippen LogP contribution in [0.15, 0.2) is 6.20 Å². The fraction of sp³-hybridized carbons (Fsp3) is 0.600. The van der Waals surface area contributed by atoms with E-state index in [0.29, 0.717) is 25.1 Å². The van der Waals surface area contributed by atoms with E-state index >= 15 is 0 Å². The Morgan fingerprint density at radius 2 is 2.44 bits per heavy atom. The Hall–Kier alpha value is -1.56. The van der Waals surface area contributed by atoms with Crippen molar-refractivity contribution in [2.24, 2.45) is 7.05 Å². The first-order valence-electron chi connectivity index (χ1n) is 5.30. The van der Waals surface area contributed by atoms with Crippen LogP contribution in [0.4, 0.5) is 5.69 Å². The number of nitrogens with one attached hydrogen (secondary N) is 1. The minimum atomic E-state index is -0.374. The molecule has 0 fully saturated rings. The zero-order chi connectivity index (χ0) is 12.1. The number of aromatic nitrogens is 2. The number of amides is 1. The van der Waals surface area contributed by atoms with Gasteiger partial charge in [-0.2, -0.15) is 5.10 Å². The average Bonchev–Trinajstić information content (AvgIpc) is 2.57. The highest BCUT2D eigenvalue weighted by Crippen LogP contribution is 2.07. The van der Waals surface area contributed by atoms with E-state index in [2.05, 4.69) is 10.4 Å². The number of aliphatic hydroxyl groups excluding tert-OH is 1. The first kappa shape index (κ1) is 12.5. The van der Waals surface area contributed by atoms with Crippen LogP contribution in [0.1, 0.15) is 30.3 Å². The Bertz CT molecular complexity index is 362.